The molecular weight excluding hydrogens is 292 g/mol. The molecule has 0 aliphatic carbocycles. The molecule has 3 rings (SSSR count). The van der Waals surface area contributed by atoms with E-state index in [1.165, 1.54) is 31.5 Å². The Bertz CT molecular complexity index is 817. The molecule has 21 heavy (non-hydrogen) atoms. The van der Waals surface area contributed by atoms with Crippen molar-refractivity contribution >= 4 is 21.6 Å². The van der Waals surface area contributed by atoms with E-state index in [-0.39, 0.29) is 22.9 Å². The van der Waals surface area contributed by atoms with Crippen LogP contribution in [0.4, 0.5) is 5.69 Å². The fourth-order valence-corrected chi connectivity index (χ4v) is 3.93. The molecule has 2 heterocycles. The molecule has 0 spiro atoms. The van der Waals surface area contributed by atoms with Crippen molar-refractivity contribution in [3.8, 4) is 5.88 Å². The van der Waals surface area contributed by atoms with E-state index in [2.05, 4.69) is 4.98 Å². The molecule has 6 nitrogen and oxygen atoms in total. The maximum Gasteiger partial charge on any atom is 0.271 e. The van der Waals surface area contributed by atoms with Crippen LogP contribution in [0.2, 0.25) is 0 Å². The van der Waals surface area contributed by atoms with Crippen LogP contribution in [0, 0.1) is 0 Å². The van der Waals surface area contributed by atoms with Gasteiger partial charge in [0.1, 0.15) is 0 Å². The number of rotatable bonds is 2. The fourth-order valence-electron chi connectivity index (χ4n) is 2.29. The molecule has 0 radical (unpaired) electrons. The Morgan fingerprint density at radius 1 is 1.24 bits per heavy atom. The maximum absolute atomic E-state index is 12.7. The Hall–Kier alpha value is -2.41. The van der Waals surface area contributed by atoms with Crippen LogP contribution in [-0.2, 0) is 21.2 Å². The fraction of sp³-hybridized carbons (Fsp3) is 0.143. The first-order valence-corrected chi connectivity index (χ1v) is 7.64. The molecule has 1 aromatic carbocycles. The molecule has 108 valence electrons. The molecule has 1 aromatic heterocycles. The van der Waals surface area contributed by atoms with Gasteiger partial charge in [-0.2, -0.15) is 0 Å². The van der Waals surface area contributed by atoms with Gasteiger partial charge in [0.15, 0.2) is 0 Å². The van der Waals surface area contributed by atoms with Crippen LogP contribution in [0.3, 0.4) is 0 Å². The largest absolute Gasteiger partial charge is 0.481 e. The lowest BCUT2D eigenvalue weighted by atomic mass is 10.1. The number of sulfonamides is 1. The third-order valence-electron chi connectivity index (χ3n) is 3.22. The van der Waals surface area contributed by atoms with Crippen molar-refractivity contribution in [3.63, 3.8) is 0 Å². The first-order chi connectivity index (χ1) is 10.0. The Kier molecular flexibility index (Phi) is 3.13. The number of pyridine rings is 1. The third kappa shape index (κ3) is 2.15. The monoisotopic (exact) mass is 304 g/mol. The zero-order chi connectivity index (χ0) is 15.0. The van der Waals surface area contributed by atoms with Crippen molar-refractivity contribution in [2.24, 2.45) is 0 Å². The van der Waals surface area contributed by atoms with Gasteiger partial charge in [-0.3, -0.25) is 4.79 Å². The molecule has 1 amide bonds. The highest BCUT2D eigenvalue weighted by atomic mass is 32.2. The van der Waals surface area contributed by atoms with Crippen LogP contribution in [0.5, 0.6) is 5.88 Å². The smallest absolute Gasteiger partial charge is 0.271 e. The number of nitrogens with zero attached hydrogens (tertiary/aromatic N) is 2. The van der Waals surface area contributed by atoms with Gasteiger partial charge in [-0.05, 0) is 17.7 Å². The Labute approximate surface area is 122 Å². The number of fused-ring (bicyclic) bond motifs is 1. The van der Waals surface area contributed by atoms with E-state index >= 15 is 0 Å². The number of carbonyl (C=O) groups excluding carboxylic acids is 1. The van der Waals surface area contributed by atoms with Gasteiger partial charge < -0.3 is 4.74 Å². The summed E-state index contributed by atoms with van der Waals surface area (Å²) >= 11 is 0. The first kappa shape index (κ1) is 13.6. The highest BCUT2D eigenvalue weighted by Gasteiger charge is 2.37. The summed E-state index contributed by atoms with van der Waals surface area (Å²) in [6, 6.07) is 9.39. The molecule has 0 saturated carbocycles. The zero-order valence-corrected chi connectivity index (χ0v) is 12.0. The molecule has 7 heteroatoms. The second kappa shape index (κ2) is 4.85. The Morgan fingerprint density at radius 2 is 2.00 bits per heavy atom. The molecule has 0 fully saturated rings. The van der Waals surface area contributed by atoms with Crippen LogP contribution in [0.25, 0.3) is 0 Å². The predicted molar refractivity (Wildman–Crippen MR) is 75.6 cm³/mol. The lowest BCUT2D eigenvalue weighted by Crippen LogP contribution is -2.42. The van der Waals surface area contributed by atoms with Gasteiger partial charge in [0.25, 0.3) is 10.0 Å². The second-order valence-corrected chi connectivity index (χ2v) is 6.26. The number of anilines is 1. The first-order valence-electron chi connectivity index (χ1n) is 6.20. The average molecular weight is 304 g/mol. The molecule has 0 bridgehead atoms. The molecule has 1 aliphatic rings. The number of methoxy groups -OCH3 is 1. The second-order valence-electron chi connectivity index (χ2n) is 4.50. The number of amides is 1. The van der Waals surface area contributed by atoms with E-state index in [0.29, 0.717) is 5.56 Å². The SMILES string of the molecule is COc1cc(N2C(=O)Cc3ccccc3S2(=O)=O)ccn1. The van der Waals surface area contributed by atoms with Gasteiger partial charge in [0.05, 0.1) is 24.1 Å². The standard InChI is InChI=1S/C14H12N2O4S/c1-20-13-9-11(6-7-15-13)16-14(17)8-10-4-2-3-5-12(10)21(16,18)19/h2-7,9H,8H2,1H3. The van der Waals surface area contributed by atoms with E-state index < -0.39 is 15.9 Å². The predicted octanol–water partition coefficient (Wildman–Crippen LogP) is 1.37. The molecule has 0 unspecified atom stereocenters. The number of ether oxygens (including phenoxy) is 1. The lowest BCUT2D eigenvalue weighted by molar-refractivity contribution is -0.117. The molecule has 0 N–H and O–H groups in total. The van der Waals surface area contributed by atoms with Gasteiger partial charge in [-0.25, -0.2) is 17.7 Å². The van der Waals surface area contributed by atoms with Gasteiger partial charge in [-0.15, -0.1) is 0 Å². The van der Waals surface area contributed by atoms with Crippen molar-refractivity contribution < 1.29 is 17.9 Å². The van der Waals surface area contributed by atoms with Gasteiger partial charge in [-0.1, -0.05) is 18.2 Å². The van der Waals surface area contributed by atoms with Gasteiger partial charge in [0.2, 0.25) is 11.8 Å². The molecule has 0 atom stereocenters. The van der Waals surface area contributed by atoms with Crippen molar-refractivity contribution in [2.45, 2.75) is 11.3 Å². The summed E-state index contributed by atoms with van der Waals surface area (Å²) in [5.41, 5.74) is 0.737. The number of hydrogen-bond acceptors (Lipinski definition) is 5. The van der Waals surface area contributed by atoms with E-state index in [1.54, 1.807) is 18.2 Å². The van der Waals surface area contributed by atoms with E-state index in [1.807, 2.05) is 0 Å². The van der Waals surface area contributed by atoms with E-state index in [9.17, 15) is 13.2 Å². The maximum atomic E-state index is 12.7. The molecule has 0 saturated heterocycles. The number of hydrogen-bond donors (Lipinski definition) is 0. The summed E-state index contributed by atoms with van der Waals surface area (Å²) < 4.78 is 31.1. The third-order valence-corrected chi connectivity index (χ3v) is 5.07. The summed E-state index contributed by atoms with van der Waals surface area (Å²) in [6.45, 7) is 0. The van der Waals surface area contributed by atoms with Crippen LogP contribution < -0.4 is 9.04 Å². The van der Waals surface area contributed by atoms with Crippen LogP contribution in [0.15, 0.2) is 47.5 Å². The normalized spacial score (nSPS) is 16.4. The minimum Gasteiger partial charge on any atom is -0.481 e. The number of benzene rings is 1. The van der Waals surface area contributed by atoms with Crippen molar-refractivity contribution in [3.05, 3.63) is 48.2 Å². The van der Waals surface area contributed by atoms with E-state index in [4.69, 9.17) is 4.74 Å². The highest BCUT2D eigenvalue weighted by Crippen LogP contribution is 2.32. The minimum absolute atomic E-state index is 0.0417. The topological polar surface area (TPSA) is 76.6 Å². The van der Waals surface area contributed by atoms with Crippen molar-refractivity contribution in [2.75, 3.05) is 11.4 Å². The van der Waals surface area contributed by atoms with Crippen molar-refractivity contribution in [1.82, 2.24) is 4.98 Å². The summed E-state index contributed by atoms with van der Waals surface area (Å²) in [5, 5.41) is 0. The average Bonchev–Trinajstić information content (AvgIpc) is 2.47. The molecule has 2 aromatic rings. The minimum atomic E-state index is -3.91. The van der Waals surface area contributed by atoms with Gasteiger partial charge in [0, 0.05) is 12.3 Å². The summed E-state index contributed by atoms with van der Waals surface area (Å²) in [4.78, 5) is 16.3. The lowest BCUT2D eigenvalue weighted by Gasteiger charge is -2.28. The number of carbonyl (C=O) groups is 1. The van der Waals surface area contributed by atoms with Gasteiger partial charge >= 0.3 is 0 Å². The molecule has 1 aliphatic heterocycles. The summed E-state index contributed by atoms with van der Waals surface area (Å²) in [6.07, 6.45) is 1.44. The van der Waals surface area contributed by atoms with Crippen LogP contribution in [0.1, 0.15) is 5.56 Å². The Morgan fingerprint density at radius 3 is 2.76 bits per heavy atom. The summed E-state index contributed by atoms with van der Waals surface area (Å²) in [5.74, 6) is -0.253. The summed E-state index contributed by atoms with van der Waals surface area (Å²) in [7, 11) is -2.49. The van der Waals surface area contributed by atoms with Crippen molar-refractivity contribution in [1.29, 1.82) is 0 Å². The quantitative estimate of drug-likeness (QED) is 0.837. The number of aromatic nitrogens is 1. The van der Waals surface area contributed by atoms with E-state index in [0.717, 1.165) is 4.31 Å². The van der Waals surface area contributed by atoms with Crippen LogP contribution in [-0.4, -0.2) is 26.4 Å². The molecular formula is C14H12N2O4S. The highest BCUT2D eigenvalue weighted by molar-refractivity contribution is 7.93. The van der Waals surface area contributed by atoms with Crippen LogP contribution >= 0.6 is 0 Å². The Balaban J connectivity index is 2.17. The zero-order valence-electron chi connectivity index (χ0n) is 11.2.